The minimum absolute atomic E-state index is 0.116. The highest BCUT2D eigenvalue weighted by molar-refractivity contribution is 9.12. The third-order valence-corrected chi connectivity index (χ3v) is 3.27. The lowest BCUT2D eigenvalue weighted by Gasteiger charge is -2.26. The summed E-state index contributed by atoms with van der Waals surface area (Å²) in [5, 5.41) is 0. The second-order valence-corrected chi connectivity index (χ2v) is 5.10. The molecule has 2 rings (SSSR count). The molecule has 0 aromatic rings. The number of hydrogen-bond donors (Lipinski definition) is 0. The van der Waals surface area contributed by atoms with Gasteiger partial charge in [-0.25, -0.2) is 0 Å². The summed E-state index contributed by atoms with van der Waals surface area (Å²) in [6.45, 7) is 3.57. The molecule has 1 aliphatic heterocycles. The molecule has 0 saturated heterocycles. The number of halogens is 1. The van der Waals surface area contributed by atoms with Gasteiger partial charge in [0.15, 0.2) is 5.76 Å². The van der Waals surface area contributed by atoms with Gasteiger partial charge < -0.3 is 9.47 Å². The maximum absolute atomic E-state index is 11.9. The maximum atomic E-state index is 11.9. The number of rotatable bonds is 1. The predicted octanol–water partition coefficient (Wildman–Crippen LogP) is 1.49. The smallest absolute Gasteiger partial charge is 0.222 e. The zero-order chi connectivity index (χ0) is 12.1. The van der Waals surface area contributed by atoms with Gasteiger partial charge in [0.25, 0.3) is 0 Å². The van der Waals surface area contributed by atoms with Crippen LogP contribution >= 0.6 is 15.9 Å². The highest BCUT2D eigenvalue weighted by Gasteiger charge is 2.49. The van der Waals surface area contributed by atoms with Crippen LogP contribution in [0.25, 0.3) is 0 Å². The molecular formula is C11H11BrO4. The van der Waals surface area contributed by atoms with Crippen LogP contribution in [0.1, 0.15) is 13.8 Å². The van der Waals surface area contributed by atoms with Crippen LogP contribution in [0.4, 0.5) is 0 Å². The van der Waals surface area contributed by atoms with E-state index in [9.17, 15) is 9.59 Å². The van der Waals surface area contributed by atoms with Crippen molar-refractivity contribution in [2.45, 2.75) is 25.6 Å². The Labute approximate surface area is 101 Å². The third-order valence-electron chi connectivity index (χ3n) is 2.68. The number of allylic oxidation sites excluding steroid dienone is 2. The molecule has 0 saturated carbocycles. The summed E-state index contributed by atoms with van der Waals surface area (Å²) in [5.74, 6) is -0.425. The van der Waals surface area contributed by atoms with Gasteiger partial charge in [-0.15, -0.1) is 0 Å². The fraction of sp³-hybridized carbons (Fsp3) is 0.455. The number of Topliss-reactive ketones (excluding diaryl/α,β-unsaturated/α-hetero) is 1. The standard InChI is InChI=1S/C11H11BrO4/c1-11(2)10(15-3)7-8(14)5(12)4-6(13)9(7)16-11/h4,10H,1-3H3. The molecule has 0 N–H and O–H groups in total. The summed E-state index contributed by atoms with van der Waals surface area (Å²) in [6, 6.07) is 0. The normalized spacial score (nSPS) is 27.8. The molecule has 0 radical (unpaired) electrons. The van der Waals surface area contributed by atoms with E-state index in [1.807, 2.05) is 0 Å². The van der Waals surface area contributed by atoms with E-state index in [0.717, 1.165) is 0 Å². The zero-order valence-electron chi connectivity index (χ0n) is 9.17. The Morgan fingerprint density at radius 3 is 2.62 bits per heavy atom. The Kier molecular flexibility index (Phi) is 2.55. The Hall–Kier alpha value is -0.940. The minimum Gasteiger partial charge on any atom is -0.480 e. The Morgan fingerprint density at radius 1 is 1.44 bits per heavy atom. The number of ether oxygens (including phenoxy) is 2. The quantitative estimate of drug-likeness (QED) is 0.686. The number of methoxy groups -OCH3 is 1. The number of carbonyl (C=O) groups excluding carboxylic acids is 2. The highest BCUT2D eigenvalue weighted by atomic mass is 79.9. The molecule has 0 aromatic carbocycles. The fourth-order valence-electron chi connectivity index (χ4n) is 2.02. The van der Waals surface area contributed by atoms with E-state index in [0.29, 0.717) is 5.57 Å². The van der Waals surface area contributed by atoms with Crippen molar-refractivity contribution < 1.29 is 19.1 Å². The second kappa shape index (κ2) is 3.53. The monoisotopic (exact) mass is 286 g/mol. The van der Waals surface area contributed by atoms with Crippen molar-refractivity contribution in [1.29, 1.82) is 0 Å². The van der Waals surface area contributed by atoms with Crippen LogP contribution in [0.2, 0.25) is 0 Å². The number of ketones is 2. The van der Waals surface area contributed by atoms with Gasteiger partial charge in [-0.1, -0.05) is 0 Å². The van der Waals surface area contributed by atoms with Crippen LogP contribution in [0.3, 0.4) is 0 Å². The minimum atomic E-state index is -0.698. The summed E-state index contributed by atoms with van der Waals surface area (Å²) in [4.78, 5) is 23.6. The zero-order valence-corrected chi connectivity index (χ0v) is 10.8. The lowest BCUT2D eigenvalue weighted by Crippen LogP contribution is -2.37. The van der Waals surface area contributed by atoms with Crippen LogP contribution in [-0.2, 0) is 19.1 Å². The van der Waals surface area contributed by atoms with Crippen LogP contribution < -0.4 is 0 Å². The molecule has 1 atom stereocenters. The molecule has 0 amide bonds. The van der Waals surface area contributed by atoms with Gasteiger partial charge in [-0.05, 0) is 29.8 Å². The van der Waals surface area contributed by atoms with Gasteiger partial charge in [0.2, 0.25) is 11.6 Å². The highest BCUT2D eigenvalue weighted by Crippen LogP contribution is 2.40. The lowest BCUT2D eigenvalue weighted by atomic mass is 9.91. The average Bonchev–Trinajstić information content (AvgIpc) is 2.46. The molecule has 1 aliphatic carbocycles. The van der Waals surface area contributed by atoms with Crippen molar-refractivity contribution in [3.63, 3.8) is 0 Å². The topological polar surface area (TPSA) is 52.6 Å². The summed E-state index contributed by atoms with van der Waals surface area (Å²) in [5.41, 5.74) is -0.386. The van der Waals surface area contributed by atoms with E-state index in [1.165, 1.54) is 13.2 Å². The predicted molar refractivity (Wildman–Crippen MR) is 60.0 cm³/mol. The molecule has 0 aromatic heterocycles. The molecule has 5 heteroatoms. The molecular weight excluding hydrogens is 276 g/mol. The fourth-order valence-corrected chi connectivity index (χ4v) is 2.44. The van der Waals surface area contributed by atoms with E-state index in [4.69, 9.17) is 9.47 Å². The third kappa shape index (κ3) is 1.46. The van der Waals surface area contributed by atoms with Crippen LogP contribution in [-0.4, -0.2) is 30.4 Å². The van der Waals surface area contributed by atoms with Crippen molar-refractivity contribution >= 4 is 27.5 Å². The first-order chi connectivity index (χ1) is 7.38. The Balaban J connectivity index is 2.52. The molecule has 1 unspecified atom stereocenters. The van der Waals surface area contributed by atoms with Gasteiger partial charge >= 0.3 is 0 Å². The number of carbonyl (C=O) groups is 2. The summed E-state index contributed by atoms with van der Waals surface area (Å²) >= 11 is 3.07. The maximum Gasteiger partial charge on any atom is 0.222 e. The SMILES string of the molecule is COC1C2=C(OC1(C)C)C(=O)C=C(Br)C2=O. The Morgan fingerprint density at radius 2 is 2.06 bits per heavy atom. The van der Waals surface area contributed by atoms with E-state index in [1.54, 1.807) is 13.8 Å². The average molecular weight is 287 g/mol. The molecule has 0 spiro atoms. The first kappa shape index (κ1) is 11.5. The molecule has 4 nitrogen and oxygen atoms in total. The van der Waals surface area contributed by atoms with Gasteiger partial charge in [-0.3, -0.25) is 9.59 Å². The van der Waals surface area contributed by atoms with Crippen LogP contribution in [0.15, 0.2) is 21.9 Å². The van der Waals surface area contributed by atoms with E-state index in [-0.39, 0.29) is 21.8 Å². The summed E-state index contributed by atoms with van der Waals surface area (Å²) in [7, 11) is 1.50. The molecule has 16 heavy (non-hydrogen) atoms. The molecule has 0 bridgehead atoms. The van der Waals surface area contributed by atoms with E-state index >= 15 is 0 Å². The van der Waals surface area contributed by atoms with Gasteiger partial charge in [0.1, 0.15) is 11.7 Å². The number of hydrogen-bond acceptors (Lipinski definition) is 4. The van der Waals surface area contributed by atoms with E-state index in [2.05, 4.69) is 15.9 Å². The largest absolute Gasteiger partial charge is 0.480 e. The molecule has 86 valence electrons. The van der Waals surface area contributed by atoms with Crippen molar-refractivity contribution in [3.8, 4) is 0 Å². The van der Waals surface area contributed by atoms with Gasteiger partial charge in [0.05, 0.1) is 10.1 Å². The molecule has 1 heterocycles. The van der Waals surface area contributed by atoms with Crippen molar-refractivity contribution in [2.75, 3.05) is 7.11 Å². The lowest BCUT2D eigenvalue weighted by molar-refractivity contribution is -0.118. The van der Waals surface area contributed by atoms with Gasteiger partial charge in [-0.2, -0.15) is 0 Å². The molecule has 2 aliphatic rings. The van der Waals surface area contributed by atoms with Crippen molar-refractivity contribution in [3.05, 3.63) is 21.9 Å². The van der Waals surface area contributed by atoms with Crippen molar-refractivity contribution in [1.82, 2.24) is 0 Å². The summed E-state index contributed by atoms with van der Waals surface area (Å²) < 4.78 is 11.0. The first-order valence-corrected chi connectivity index (χ1v) is 5.60. The van der Waals surface area contributed by atoms with E-state index < -0.39 is 11.7 Å². The second-order valence-electron chi connectivity index (χ2n) is 4.25. The van der Waals surface area contributed by atoms with Crippen LogP contribution in [0, 0.1) is 0 Å². The summed E-state index contributed by atoms with van der Waals surface area (Å²) in [6.07, 6.45) is 0.718. The van der Waals surface area contributed by atoms with Gasteiger partial charge in [0, 0.05) is 13.2 Å². The first-order valence-electron chi connectivity index (χ1n) is 4.80. The molecule has 0 fully saturated rings. The Bertz CT molecular complexity index is 445. The van der Waals surface area contributed by atoms with Crippen LogP contribution in [0.5, 0.6) is 0 Å². The van der Waals surface area contributed by atoms with Crippen molar-refractivity contribution in [2.24, 2.45) is 0 Å².